The van der Waals surface area contributed by atoms with Gasteiger partial charge in [0, 0.05) is 24.0 Å². The number of benzene rings is 1. The Labute approximate surface area is 125 Å². The molecule has 1 fully saturated rings. The lowest BCUT2D eigenvalue weighted by molar-refractivity contribution is -0.117. The highest BCUT2D eigenvalue weighted by atomic mass is 79.9. The monoisotopic (exact) mass is 335 g/mol. The average Bonchev–Trinajstić information content (AvgIpc) is 3.08. The minimum Gasteiger partial charge on any atom is -0.312 e. The number of hydrogen-bond acceptors (Lipinski definition) is 2. The second kappa shape index (κ2) is 5.47. The van der Waals surface area contributed by atoms with Crippen LogP contribution in [-0.4, -0.2) is 17.8 Å². The number of anilines is 1. The van der Waals surface area contributed by atoms with Gasteiger partial charge in [-0.15, -0.1) is 0 Å². The summed E-state index contributed by atoms with van der Waals surface area (Å²) in [7, 11) is 0. The molecule has 1 unspecified atom stereocenters. The van der Waals surface area contributed by atoms with E-state index in [1.54, 1.807) is 11.3 Å². The summed E-state index contributed by atoms with van der Waals surface area (Å²) in [5.74, 6) is 0.657. The SMILES string of the molecule is O=C1CC(CBr)CN1c1cccc(-c2ccsc2)c1. The molecule has 1 aromatic heterocycles. The highest BCUT2D eigenvalue weighted by Gasteiger charge is 2.29. The topological polar surface area (TPSA) is 20.3 Å². The molecule has 19 heavy (non-hydrogen) atoms. The van der Waals surface area contributed by atoms with Crippen LogP contribution in [0.5, 0.6) is 0 Å². The highest BCUT2D eigenvalue weighted by Crippen LogP contribution is 2.30. The van der Waals surface area contributed by atoms with Gasteiger partial charge >= 0.3 is 0 Å². The van der Waals surface area contributed by atoms with E-state index in [-0.39, 0.29) is 5.91 Å². The molecule has 0 N–H and O–H groups in total. The molecular weight excluding hydrogens is 322 g/mol. The highest BCUT2D eigenvalue weighted by molar-refractivity contribution is 9.09. The van der Waals surface area contributed by atoms with Crippen molar-refractivity contribution in [1.82, 2.24) is 0 Å². The van der Waals surface area contributed by atoms with Gasteiger partial charge in [0.15, 0.2) is 0 Å². The van der Waals surface area contributed by atoms with Crippen LogP contribution in [0.25, 0.3) is 11.1 Å². The van der Waals surface area contributed by atoms with E-state index in [2.05, 4.69) is 44.9 Å². The van der Waals surface area contributed by atoms with E-state index in [9.17, 15) is 4.79 Å². The summed E-state index contributed by atoms with van der Waals surface area (Å²) < 4.78 is 0. The van der Waals surface area contributed by atoms with Crippen LogP contribution in [0.3, 0.4) is 0 Å². The molecule has 0 saturated carbocycles. The van der Waals surface area contributed by atoms with Crippen LogP contribution in [0, 0.1) is 5.92 Å². The molecule has 2 aromatic rings. The van der Waals surface area contributed by atoms with Crippen LogP contribution in [0.4, 0.5) is 5.69 Å². The summed E-state index contributed by atoms with van der Waals surface area (Å²) in [6.45, 7) is 0.817. The Morgan fingerprint density at radius 2 is 2.21 bits per heavy atom. The summed E-state index contributed by atoms with van der Waals surface area (Å²) >= 11 is 5.16. The number of amides is 1. The zero-order chi connectivity index (χ0) is 13.2. The van der Waals surface area contributed by atoms with Crippen LogP contribution in [-0.2, 0) is 4.79 Å². The maximum Gasteiger partial charge on any atom is 0.227 e. The normalized spacial score (nSPS) is 19.1. The van der Waals surface area contributed by atoms with Crippen molar-refractivity contribution >= 4 is 38.9 Å². The quantitative estimate of drug-likeness (QED) is 0.771. The minimum absolute atomic E-state index is 0.229. The second-order valence-electron chi connectivity index (χ2n) is 4.79. The second-order valence-corrected chi connectivity index (χ2v) is 6.22. The van der Waals surface area contributed by atoms with Crippen molar-refractivity contribution in [3.8, 4) is 11.1 Å². The molecule has 1 amide bonds. The third kappa shape index (κ3) is 2.60. The number of carbonyl (C=O) groups is 1. The first-order valence-corrected chi connectivity index (χ1v) is 8.33. The van der Waals surface area contributed by atoms with E-state index in [0.717, 1.165) is 17.6 Å². The van der Waals surface area contributed by atoms with Gasteiger partial charge in [-0.3, -0.25) is 4.79 Å². The smallest absolute Gasteiger partial charge is 0.227 e. The summed E-state index contributed by atoms with van der Waals surface area (Å²) in [4.78, 5) is 14.0. The van der Waals surface area contributed by atoms with E-state index in [1.165, 1.54) is 11.1 Å². The molecule has 4 heteroatoms. The van der Waals surface area contributed by atoms with Gasteiger partial charge in [-0.05, 0) is 46.0 Å². The number of rotatable bonds is 3. The van der Waals surface area contributed by atoms with E-state index in [1.807, 2.05) is 17.0 Å². The molecule has 0 bridgehead atoms. The fourth-order valence-corrected chi connectivity index (χ4v) is 3.52. The molecule has 3 rings (SSSR count). The molecule has 1 aliphatic rings. The van der Waals surface area contributed by atoms with Gasteiger partial charge in [-0.25, -0.2) is 0 Å². The van der Waals surface area contributed by atoms with Gasteiger partial charge in [-0.1, -0.05) is 28.1 Å². The van der Waals surface area contributed by atoms with E-state index < -0.39 is 0 Å². The third-order valence-electron chi connectivity index (χ3n) is 3.44. The number of halogens is 1. The van der Waals surface area contributed by atoms with Crippen molar-refractivity contribution in [2.45, 2.75) is 6.42 Å². The maximum atomic E-state index is 12.0. The summed E-state index contributed by atoms with van der Waals surface area (Å²) in [5, 5.41) is 5.09. The van der Waals surface area contributed by atoms with Gasteiger partial charge in [0.1, 0.15) is 0 Å². The lowest BCUT2D eigenvalue weighted by atomic mass is 10.1. The molecule has 2 nitrogen and oxygen atoms in total. The van der Waals surface area contributed by atoms with Crippen molar-refractivity contribution in [1.29, 1.82) is 0 Å². The number of hydrogen-bond donors (Lipinski definition) is 0. The summed E-state index contributed by atoms with van der Waals surface area (Å²) in [6, 6.07) is 10.4. The standard InChI is InChI=1S/C15H14BrNOS/c16-8-11-6-15(18)17(9-11)14-3-1-2-12(7-14)13-4-5-19-10-13/h1-5,7,10-11H,6,8-9H2. The van der Waals surface area contributed by atoms with Gasteiger partial charge in [0.05, 0.1) is 0 Å². The Morgan fingerprint density at radius 3 is 2.89 bits per heavy atom. The van der Waals surface area contributed by atoms with Crippen molar-refractivity contribution in [3.05, 3.63) is 41.1 Å². The largest absolute Gasteiger partial charge is 0.312 e. The van der Waals surface area contributed by atoms with E-state index in [4.69, 9.17) is 0 Å². The average molecular weight is 336 g/mol. The van der Waals surface area contributed by atoms with Gasteiger partial charge in [0.2, 0.25) is 5.91 Å². The van der Waals surface area contributed by atoms with Gasteiger partial charge in [-0.2, -0.15) is 11.3 Å². The number of carbonyl (C=O) groups excluding carboxylic acids is 1. The van der Waals surface area contributed by atoms with Crippen LogP contribution in [0.1, 0.15) is 6.42 Å². The first-order valence-electron chi connectivity index (χ1n) is 6.27. The first kappa shape index (κ1) is 12.9. The Hall–Kier alpha value is -1.13. The van der Waals surface area contributed by atoms with E-state index in [0.29, 0.717) is 12.3 Å². The van der Waals surface area contributed by atoms with Crippen molar-refractivity contribution in [2.24, 2.45) is 5.92 Å². The summed E-state index contributed by atoms with van der Waals surface area (Å²) in [5.41, 5.74) is 3.40. The molecule has 2 heterocycles. The molecule has 98 valence electrons. The fraction of sp³-hybridized carbons (Fsp3) is 0.267. The molecule has 1 saturated heterocycles. The van der Waals surface area contributed by atoms with Gasteiger partial charge in [0.25, 0.3) is 0 Å². The number of thiophene rings is 1. The fourth-order valence-electron chi connectivity index (χ4n) is 2.42. The Balaban J connectivity index is 1.90. The summed E-state index contributed by atoms with van der Waals surface area (Å²) in [6.07, 6.45) is 0.647. The zero-order valence-electron chi connectivity index (χ0n) is 10.4. The Morgan fingerprint density at radius 1 is 1.32 bits per heavy atom. The number of nitrogens with zero attached hydrogens (tertiary/aromatic N) is 1. The Bertz CT molecular complexity index is 582. The molecule has 0 spiro atoms. The van der Waals surface area contributed by atoms with Crippen LogP contribution >= 0.6 is 27.3 Å². The predicted molar refractivity (Wildman–Crippen MR) is 84.0 cm³/mol. The molecule has 1 aromatic carbocycles. The minimum atomic E-state index is 0.229. The number of alkyl halides is 1. The van der Waals surface area contributed by atoms with Crippen LogP contribution in [0.2, 0.25) is 0 Å². The third-order valence-corrected chi connectivity index (χ3v) is 5.03. The van der Waals surface area contributed by atoms with E-state index >= 15 is 0 Å². The molecular formula is C15H14BrNOS. The molecule has 1 atom stereocenters. The van der Waals surface area contributed by atoms with Crippen LogP contribution in [0.15, 0.2) is 41.1 Å². The first-order chi connectivity index (χ1) is 9.28. The predicted octanol–water partition coefficient (Wildman–Crippen LogP) is 4.16. The zero-order valence-corrected chi connectivity index (χ0v) is 12.8. The van der Waals surface area contributed by atoms with Crippen molar-refractivity contribution < 1.29 is 4.79 Å². The lowest BCUT2D eigenvalue weighted by Crippen LogP contribution is -2.24. The molecule has 0 radical (unpaired) electrons. The van der Waals surface area contributed by atoms with Crippen molar-refractivity contribution in [2.75, 3.05) is 16.8 Å². The van der Waals surface area contributed by atoms with Crippen LogP contribution < -0.4 is 4.90 Å². The Kier molecular flexibility index (Phi) is 3.71. The van der Waals surface area contributed by atoms with Crippen molar-refractivity contribution in [3.63, 3.8) is 0 Å². The molecule has 1 aliphatic heterocycles. The maximum absolute atomic E-state index is 12.0. The van der Waals surface area contributed by atoms with Gasteiger partial charge < -0.3 is 4.90 Å². The molecule has 0 aliphatic carbocycles. The lowest BCUT2D eigenvalue weighted by Gasteiger charge is -2.17.